The summed E-state index contributed by atoms with van der Waals surface area (Å²) in [5.74, 6) is -0.389. The van der Waals surface area contributed by atoms with Crippen molar-refractivity contribution in [1.82, 2.24) is 20.6 Å². The minimum atomic E-state index is -1.40. The predicted octanol–water partition coefficient (Wildman–Crippen LogP) is 8.18. The SMILES string of the molecule is CCCCCCCOc1ccc(-c2cnc(-c3ccc(C[C@H](NC(O)c4ccc(C(C)(C)C)cc4)C(=O)NC(C(=O)O)c4ccco4)cc3)nc2)cc1. The first-order chi connectivity index (χ1) is 25.5. The number of hydrogen-bond donors (Lipinski definition) is 4. The molecule has 278 valence electrons. The Balaban J connectivity index is 1.25. The molecule has 0 saturated heterocycles. The largest absolute Gasteiger partial charge is 0.494 e. The summed E-state index contributed by atoms with van der Waals surface area (Å²) in [4.78, 5) is 34.9. The molecule has 0 saturated carbocycles. The fourth-order valence-electron chi connectivity index (χ4n) is 5.92. The first kappa shape index (κ1) is 38.9. The first-order valence-electron chi connectivity index (χ1n) is 18.3. The van der Waals surface area contributed by atoms with Gasteiger partial charge in [-0.05, 0) is 64.8 Å². The molecule has 0 aliphatic heterocycles. The van der Waals surface area contributed by atoms with Crippen LogP contribution in [0.2, 0.25) is 0 Å². The van der Waals surface area contributed by atoms with Gasteiger partial charge in [-0.15, -0.1) is 0 Å². The van der Waals surface area contributed by atoms with Crippen molar-refractivity contribution in [2.24, 2.45) is 0 Å². The highest BCUT2D eigenvalue weighted by molar-refractivity contribution is 5.87. The molecule has 1 amide bonds. The molecular weight excluding hydrogens is 668 g/mol. The number of amides is 1. The van der Waals surface area contributed by atoms with Crippen molar-refractivity contribution in [2.45, 2.75) is 89.9 Å². The van der Waals surface area contributed by atoms with Crippen LogP contribution in [0.1, 0.15) is 94.5 Å². The molecule has 2 heterocycles. The van der Waals surface area contributed by atoms with Crippen molar-refractivity contribution < 1.29 is 29.0 Å². The fraction of sp³-hybridized carbons (Fsp3) is 0.349. The number of carbonyl (C=O) groups excluding carboxylic acids is 1. The van der Waals surface area contributed by atoms with Gasteiger partial charge in [-0.25, -0.2) is 14.8 Å². The lowest BCUT2D eigenvalue weighted by Crippen LogP contribution is -2.49. The second-order valence-electron chi connectivity index (χ2n) is 14.3. The van der Waals surface area contributed by atoms with Crippen LogP contribution in [0.4, 0.5) is 0 Å². The number of carboxylic acid groups (broad SMARTS) is 1. The Bertz CT molecular complexity index is 1870. The number of aliphatic hydroxyl groups is 1. The van der Waals surface area contributed by atoms with Gasteiger partial charge in [0.1, 0.15) is 17.7 Å². The number of unbranched alkanes of at least 4 members (excludes halogenated alkanes) is 4. The Morgan fingerprint density at radius 2 is 1.49 bits per heavy atom. The van der Waals surface area contributed by atoms with E-state index in [0.29, 0.717) is 11.4 Å². The molecule has 53 heavy (non-hydrogen) atoms. The number of carbonyl (C=O) groups is 2. The van der Waals surface area contributed by atoms with E-state index in [-0.39, 0.29) is 17.6 Å². The summed E-state index contributed by atoms with van der Waals surface area (Å²) < 4.78 is 11.2. The van der Waals surface area contributed by atoms with Gasteiger partial charge in [0.2, 0.25) is 5.91 Å². The Labute approximate surface area is 311 Å². The lowest BCUT2D eigenvalue weighted by Gasteiger charge is -2.25. The van der Waals surface area contributed by atoms with Crippen LogP contribution in [0, 0.1) is 0 Å². The highest BCUT2D eigenvalue weighted by Gasteiger charge is 2.30. The lowest BCUT2D eigenvalue weighted by molar-refractivity contribution is -0.143. The van der Waals surface area contributed by atoms with E-state index in [0.717, 1.165) is 46.6 Å². The molecule has 10 nitrogen and oxygen atoms in total. The zero-order valence-electron chi connectivity index (χ0n) is 30.9. The molecule has 0 radical (unpaired) electrons. The molecule has 0 fully saturated rings. The van der Waals surface area contributed by atoms with E-state index in [9.17, 15) is 19.8 Å². The van der Waals surface area contributed by atoms with E-state index >= 15 is 0 Å². The van der Waals surface area contributed by atoms with E-state index in [2.05, 4.69) is 48.3 Å². The average molecular weight is 719 g/mol. The summed E-state index contributed by atoms with van der Waals surface area (Å²) in [6, 6.07) is 23.6. The van der Waals surface area contributed by atoms with Gasteiger partial charge in [-0.1, -0.05) is 114 Å². The van der Waals surface area contributed by atoms with Crippen LogP contribution < -0.4 is 15.4 Å². The van der Waals surface area contributed by atoms with Gasteiger partial charge in [0.05, 0.1) is 18.9 Å². The number of ether oxygens (including phenoxy) is 1. The van der Waals surface area contributed by atoms with Crippen LogP contribution in [0.5, 0.6) is 5.75 Å². The van der Waals surface area contributed by atoms with Crippen LogP contribution in [0.3, 0.4) is 0 Å². The van der Waals surface area contributed by atoms with Crippen molar-refractivity contribution in [3.63, 3.8) is 0 Å². The first-order valence-corrected chi connectivity index (χ1v) is 18.3. The maximum Gasteiger partial charge on any atom is 0.334 e. The minimum absolute atomic E-state index is 0.0645. The number of aromatic nitrogens is 2. The van der Waals surface area contributed by atoms with Gasteiger partial charge < -0.3 is 24.7 Å². The second-order valence-corrected chi connectivity index (χ2v) is 14.3. The topological polar surface area (TPSA) is 147 Å². The molecule has 0 aliphatic carbocycles. The van der Waals surface area contributed by atoms with Crippen molar-refractivity contribution in [1.29, 1.82) is 0 Å². The normalized spacial score (nSPS) is 13.2. The third kappa shape index (κ3) is 11.1. The molecule has 0 bridgehead atoms. The number of carboxylic acids is 1. The number of nitrogens with one attached hydrogen (secondary N) is 2. The van der Waals surface area contributed by atoms with Gasteiger partial charge in [0.25, 0.3) is 0 Å². The average Bonchev–Trinajstić information content (AvgIpc) is 3.70. The van der Waals surface area contributed by atoms with Crippen molar-refractivity contribution >= 4 is 11.9 Å². The van der Waals surface area contributed by atoms with Crippen LogP contribution in [-0.4, -0.2) is 44.7 Å². The van der Waals surface area contributed by atoms with Crippen LogP contribution >= 0.6 is 0 Å². The van der Waals surface area contributed by atoms with Gasteiger partial charge in [-0.2, -0.15) is 0 Å². The van der Waals surface area contributed by atoms with Gasteiger partial charge in [-0.3, -0.25) is 10.1 Å². The van der Waals surface area contributed by atoms with E-state index < -0.39 is 30.2 Å². The molecule has 4 N–H and O–H groups in total. The van der Waals surface area contributed by atoms with E-state index in [4.69, 9.17) is 9.15 Å². The van der Waals surface area contributed by atoms with Crippen molar-refractivity contribution in [3.8, 4) is 28.3 Å². The molecule has 2 unspecified atom stereocenters. The van der Waals surface area contributed by atoms with Crippen molar-refractivity contribution in [3.05, 3.63) is 126 Å². The van der Waals surface area contributed by atoms with Crippen LogP contribution in [0.25, 0.3) is 22.5 Å². The molecular formula is C43H50N4O6. The summed E-state index contributed by atoms with van der Waals surface area (Å²) in [5, 5.41) is 26.6. The lowest BCUT2D eigenvalue weighted by atomic mass is 9.86. The fourth-order valence-corrected chi connectivity index (χ4v) is 5.92. The van der Waals surface area contributed by atoms with Gasteiger partial charge >= 0.3 is 5.97 Å². The molecule has 0 aliphatic rings. The van der Waals surface area contributed by atoms with Crippen LogP contribution in [0.15, 0.2) is 108 Å². The second kappa shape index (κ2) is 18.4. The highest BCUT2D eigenvalue weighted by atomic mass is 16.5. The Hall–Kier alpha value is -5.32. The monoisotopic (exact) mass is 718 g/mol. The molecule has 3 atom stereocenters. The zero-order valence-corrected chi connectivity index (χ0v) is 30.9. The summed E-state index contributed by atoms with van der Waals surface area (Å²) in [5.41, 5.74) is 5.06. The van der Waals surface area contributed by atoms with Gasteiger partial charge in [0.15, 0.2) is 11.9 Å². The van der Waals surface area contributed by atoms with E-state index in [1.165, 1.54) is 38.0 Å². The number of aliphatic hydroxyl groups excluding tert-OH is 1. The molecule has 5 aromatic rings. The van der Waals surface area contributed by atoms with E-state index in [1.54, 1.807) is 18.5 Å². The standard InChI is InChI=1S/C43H50N4O6/c1-5-6-7-8-9-24-52-35-22-18-30(19-23-35)33-27-44-39(45-28-33)31-14-12-29(13-15-31)26-36(41(49)47-38(42(50)51)37-11-10-25-53-37)46-40(48)32-16-20-34(21-17-32)43(2,3)4/h10-23,25,27-28,36,38,40,46,48H,5-9,24,26H2,1-4H3,(H,47,49)(H,50,51)/t36-,38?,40?/m0/s1. The molecule has 2 aromatic heterocycles. The number of benzene rings is 3. The zero-order chi connectivity index (χ0) is 37.8. The summed E-state index contributed by atoms with van der Waals surface area (Å²) in [6.07, 6.45) is 9.88. The Kier molecular flexibility index (Phi) is 13.5. The Morgan fingerprint density at radius 3 is 2.09 bits per heavy atom. The number of nitrogens with zero attached hydrogens (tertiary/aromatic N) is 2. The third-order valence-electron chi connectivity index (χ3n) is 9.14. The highest BCUT2D eigenvalue weighted by Crippen LogP contribution is 2.26. The summed E-state index contributed by atoms with van der Waals surface area (Å²) in [7, 11) is 0. The number of rotatable bonds is 18. The van der Waals surface area contributed by atoms with Crippen molar-refractivity contribution in [2.75, 3.05) is 6.61 Å². The van der Waals surface area contributed by atoms with Crippen LogP contribution in [-0.2, 0) is 21.4 Å². The number of hydrogen-bond acceptors (Lipinski definition) is 8. The molecule has 0 spiro atoms. The van der Waals surface area contributed by atoms with Gasteiger partial charge in [0, 0.05) is 23.5 Å². The maximum absolute atomic E-state index is 13.6. The minimum Gasteiger partial charge on any atom is -0.494 e. The summed E-state index contributed by atoms with van der Waals surface area (Å²) >= 11 is 0. The molecule has 3 aromatic carbocycles. The summed E-state index contributed by atoms with van der Waals surface area (Å²) in [6.45, 7) is 9.25. The quantitative estimate of drug-likeness (QED) is 0.0520. The molecule has 5 rings (SSSR count). The molecule has 10 heteroatoms. The Morgan fingerprint density at radius 1 is 0.830 bits per heavy atom. The third-order valence-corrected chi connectivity index (χ3v) is 9.14. The number of aliphatic carboxylic acids is 1. The maximum atomic E-state index is 13.6. The smallest absolute Gasteiger partial charge is 0.334 e. The van der Waals surface area contributed by atoms with E-state index in [1.807, 2.05) is 72.8 Å². The predicted molar refractivity (Wildman–Crippen MR) is 205 cm³/mol. The number of furan rings is 1.